The molecule has 1 aromatic carbocycles. The second-order valence-electron chi connectivity index (χ2n) is 6.08. The molecule has 0 bridgehead atoms. The summed E-state index contributed by atoms with van der Waals surface area (Å²) in [6, 6.07) is 5.53. The molecule has 0 atom stereocenters. The molecule has 2 rings (SSSR count). The second kappa shape index (κ2) is 8.41. The summed E-state index contributed by atoms with van der Waals surface area (Å²) in [5.74, 6) is 1.06. The number of methoxy groups -OCH3 is 1. The van der Waals surface area contributed by atoms with Gasteiger partial charge in [-0.05, 0) is 43.7 Å². The summed E-state index contributed by atoms with van der Waals surface area (Å²) in [5.41, 5.74) is 0.891. The first-order valence-electron chi connectivity index (χ1n) is 7.99. The average Bonchev–Trinajstić information content (AvgIpc) is 2.59. The summed E-state index contributed by atoms with van der Waals surface area (Å²) >= 11 is 5.94. The van der Waals surface area contributed by atoms with E-state index in [1.54, 1.807) is 24.1 Å². The van der Waals surface area contributed by atoms with Gasteiger partial charge in [-0.1, -0.05) is 17.7 Å². The Morgan fingerprint density at radius 2 is 2.09 bits per heavy atom. The van der Waals surface area contributed by atoms with Gasteiger partial charge in [-0.2, -0.15) is 0 Å². The predicted molar refractivity (Wildman–Crippen MR) is 90.8 cm³/mol. The van der Waals surface area contributed by atoms with Crippen molar-refractivity contribution >= 4 is 17.6 Å². The molecule has 1 fully saturated rings. The monoisotopic (exact) mass is 340 g/mol. The number of benzene rings is 1. The van der Waals surface area contributed by atoms with Gasteiger partial charge in [-0.15, -0.1) is 0 Å². The number of urea groups is 1. The van der Waals surface area contributed by atoms with Gasteiger partial charge in [-0.25, -0.2) is 4.79 Å². The molecule has 6 heteroatoms. The van der Waals surface area contributed by atoms with Crippen LogP contribution in [0.3, 0.4) is 0 Å². The Labute approximate surface area is 142 Å². The molecule has 0 unspecified atom stereocenters. The Hall–Kier alpha value is -1.46. The summed E-state index contributed by atoms with van der Waals surface area (Å²) in [4.78, 5) is 14.1. The van der Waals surface area contributed by atoms with E-state index < -0.39 is 0 Å². The molecule has 2 amide bonds. The van der Waals surface area contributed by atoms with Crippen LogP contribution >= 0.6 is 11.6 Å². The third kappa shape index (κ3) is 4.75. The van der Waals surface area contributed by atoms with E-state index in [-0.39, 0.29) is 18.7 Å². The van der Waals surface area contributed by atoms with E-state index in [0.717, 1.165) is 31.2 Å². The normalized spacial score (nSPS) is 20.9. The molecule has 1 saturated carbocycles. The highest BCUT2D eigenvalue weighted by atomic mass is 35.5. The van der Waals surface area contributed by atoms with Crippen molar-refractivity contribution in [3.63, 3.8) is 0 Å². The Kier molecular flexibility index (Phi) is 6.54. The summed E-state index contributed by atoms with van der Waals surface area (Å²) in [5, 5.41) is 12.7. The molecule has 0 spiro atoms. The van der Waals surface area contributed by atoms with E-state index >= 15 is 0 Å². The lowest BCUT2D eigenvalue weighted by molar-refractivity contribution is 0.134. The van der Waals surface area contributed by atoms with Crippen molar-refractivity contribution in [3.05, 3.63) is 28.8 Å². The molecule has 0 saturated heterocycles. The molecule has 5 nitrogen and oxygen atoms in total. The highest BCUT2D eigenvalue weighted by Gasteiger charge is 2.26. The quantitative estimate of drug-likeness (QED) is 0.866. The first-order chi connectivity index (χ1) is 11.0. The third-order valence-electron chi connectivity index (χ3n) is 4.62. The highest BCUT2D eigenvalue weighted by molar-refractivity contribution is 6.30. The maximum absolute atomic E-state index is 12.3. The zero-order valence-corrected chi connectivity index (χ0v) is 14.5. The van der Waals surface area contributed by atoms with Crippen LogP contribution in [0, 0.1) is 5.92 Å². The van der Waals surface area contributed by atoms with Crippen molar-refractivity contribution in [2.75, 3.05) is 20.8 Å². The van der Waals surface area contributed by atoms with Crippen LogP contribution in [0.4, 0.5) is 4.79 Å². The summed E-state index contributed by atoms with van der Waals surface area (Å²) < 4.78 is 5.29. The third-order valence-corrected chi connectivity index (χ3v) is 4.86. The van der Waals surface area contributed by atoms with E-state index in [9.17, 15) is 9.90 Å². The molecule has 23 heavy (non-hydrogen) atoms. The Balaban J connectivity index is 1.87. The predicted octanol–water partition coefficient (Wildman–Crippen LogP) is 3.04. The van der Waals surface area contributed by atoms with Crippen LogP contribution in [0.5, 0.6) is 5.75 Å². The van der Waals surface area contributed by atoms with E-state index in [4.69, 9.17) is 16.3 Å². The Bertz CT molecular complexity index is 531. The largest absolute Gasteiger partial charge is 0.496 e. The van der Waals surface area contributed by atoms with Gasteiger partial charge in [0.25, 0.3) is 0 Å². The van der Waals surface area contributed by atoms with E-state index in [0.29, 0.717) is 23.2 Å². The van der Waals surface area contributed by atoms with Gasteiger partial charge in [0.05, 0.1) is 7.11 Å². The molecule has 1 aliphatic rings. The van der Waals surface area contributed by atoms with Crippen LogP contribution in [0.25, 0.3) is 0 Å². The van der Waals surface area contributed by atoms with Crippen LogP contribution in [-0.4, -0.2) is 42.8 Å². The fraction of sp³-hybridized carbons (Fsp3) is 0.588. The number of halogens is 1. The van der Waals surface area contributed by atoms with Crippen molar-refractivity contribution in [2.45, 2.75) is 38.3 Å². The number of carbonyl (C=O) groups is 1. The molecule has 0 radical (unpaired) electrons. The van der Waals surface area contributed by atoms with Crippen molar-refractivity contribution in [1.82, 2.24) is 10.2 Å². The van der Waals surface area contributed by atoms with Crippen molar-refractivity contribution in [1.29, 1.82) is 0 Å². The van der Waals surface area contributed by atoms with E-state index in [1.165, 1.54) is 0 Å². The number of aliphatic hydroxyl groups is 1. The first kappa shape index (κ1) is 17.9. The van der Waals surface area contributed by atoms with Crippen LogP contribution in [-0.2, 0) is 6.54 Å². The van der Waals surface area contributed by atoms with E-state index in [1.807, 2.05) is 13.1 Å². The van der Waals surface area contributed by atoms with Gasteiger partial charge in [0.2, 0.25) is 0 Å². The molecule has 0 heterocycles. The molecular weight excluding hydrogens is 316 g/mol. The lowest BCUT2D eigenvalue weighted by Crippen LogP contribution is -2.45. The average molecular weight is 341 g/mol. The second-order valence-corrected chi connectivity index (χ2v) is 6.52. The van der Waals surface area contributed by atoms with Gasteiger partial charge in [0, 0.05) is 36.8 Å². The molecule has 1 aliphatic carbocycles. The van der Waals surface area contributed by atoms with Gasteiger partial charge in [-0.3, -0.25) is 0 Å². The first-order valence-corrected chi connectivity index (χ1v) is 8.37. The number of amides is 2. The standard InChI is InChI=1S/C17H25ClN2O3/c1-20(15-7-3-12(11-21)4-8-15)17(22)19-10-13-5-6-14(18)9-16(13)23-2/h5-6,9,12,15,21H,3-4,7-8,10-11H2,1-2H3,(H,19,22). The highest BCUT2D eigenvalue weighted by Crippen LogP contribution is 2.27. The number of rotatable bonds is 5. The maximum atomic E-state index is 12.3. The Morgan fingerprint density at radius 3 is 2.70 bits per heavy atom. The molecule has 0 aliphatic heterocycles. The van der Waals surface area contributed by atoms with Gasteiger partial charge >= 0.3 is 6.03 Å². The summed E-state index contributed by atoms with van der Waals surface area (Å²) in [6.07, 6.45) is 3.84. The van der Waals surface area contributed by atoms with Gasteiger partial charge in [0.1, 0.15) is 5.75 Å². The number of hydrogen-bond acceptors (Lipinski definition) is 3. The zero-order valence-electron chi connectivity index (χ0n) is 13.7. The molecule has 2 N–H and O–H groups in total. The number of aliphatic hydroxyl groups excluding tert-OH is 1. The number of nitrogens with zero attached hydrogens (tertiary/aromatic N) is 1. The van der Waals surface area contributed by atoms with Crippen LogP contribution in [0.15, 0.2) is 18.2 Å². The topological polar surface area (TPSA) is 61.8 Å². The minimum absolute atomic E-state index is 0.0885. The molecule has 128 valence electrons. The fourth-order valence-corrected chi connectivity index (χ4v) is 3.20. The van der Waals surface area contributed by atoms with Gasteiger partial charge < -0.3 is 20.1 Å². The smallest absolute Gasteiger partial charge is 0.317 e. The van der Waals surface area contributed by atoms with Crippen molar-refractivity contribution in [3.8, 4) is 5.75 Å². The number of carbonyl (C=O) groups excluding carboxylic acids is 1. The van der Waals surface area contributed by atoms with E-state index in [2.05, 4.69) is 5.32 Å². The van der Waals surface area contributed by atoms with Crippen LogP contribution in [0.2, 0.25) is 5.02 Å². The number of ether oxygens (including phenoxy) is 1. The summed E-state index contributed by atoms with van der Waals surface area (Å²) in [7, 11) is 3.42. The maximum Gasteiger partial charge on any atom is 0.317 e. The number of hydrogen-bond donors (Lipinski definition) is 2. The SMILES string of the molecule is COc1cc(Cl)ccc1CNC(=O)N(C)C1CCC(CO)CC1. The minimum atomic E-state index is -0.0885. The molecule has 1 aromatic rings. The van der Waals surface area contributed by atoms with Crippen molar-refractivity contribution in [2.24, 2.45) is 5.92 Å². The summed E-state index contributed by atoms with van der Waals surface area (Å²) in [6.45, 7) is 0.647. The molecule has 0 aromatic heterocycles. The van der Waals surface area contributed by atoms with Gasteiger partial charge in [0.15, 0.2) is 0 Å². The minimum Gasteiger partial charge on any atom is -0.496 e. The lowest BCUT2D eigenvalue weighted by atomic mass is 9.86. The lowest BCUT2D eigenvalue weighted by Gasteiger charge is -2.34. The molecular formula is C17H25ClN2O3. The van der Waals surface area contributed by atoms with Crippen LogP contribution in [0.1, 0.15) is 31.2 Å². The fourth-order valence-electron chi connectivity index (χ4n) is 3.04. The van der Waals surface area contributed by atoms with Crippen molar-refractivity contribution < 1.29 is 14.6 Å². The number of nitrogens with one attached hydrogen (secondary N) is 1. The zero-order chi connectivity index (χ0) is 16.8. The van der Waals surface area contributed by atoms with Crippen LogP contribution < -0.4 is 10.1 Å². The Morgan fingerprint density at radius 1 is 1.39 bits per heavy atom.